The Morgan fingerprint density at radius 1 is 1.31 bits per heavy atom. The standard InChI is InChI=1S/C10H18O5S/c1-16(11,12)15-9-5-4-8-14-10-6-2-3-7-13-10/h4-5,10H,2-3,6-9H2,1H3/b5-4-. The number of ether oxygens (including phenoxy) is 2. The third kappa shape index (κ3) is 6.95. The maximum atomic E-state index is 10.6. The van der Waals surface area contributed by atoms with Gasteiger partial charge in [0, 0.05) is 6.61 Å². The van der Waals surface area contributed by atoms with Gasteiger partial charge in [-0.15, -0.1) is 0 Å². The van der Waals surface area contributed by atoms with Gasteiger partial charge in [0.25, 0.3) is 10.1 Å². The van der Waals surface area contributed by atoms with E-state index in [0.717, 1.165) is 32.1 Å². The van der Waals surface area contributed by atoms with E-state index in [0.29, 0.717) is 6.61 Å². The van der Waals surface area contributed by atoms with Gasteiger partial charge < -0.3 is 9.47 Å². The van der Waals surface area contributed by atoms with E-state index >= 15 is 0 Å². The van der Waals surface area contributed by atoms with Crippen molar-refractivity contribution in [1.82, 2.24) is 0 Å². The fraction of sp³-hybridized carbons (Fsp3) is 0.800. The summed E-state index contributed by atoms with van der Waals surface area (Å²) in [5.74, 6) is 0. The second-order valence-electron chi connectivity index (χ2n) is 3.59. The molecule has 0 aliphatic carbocycles. The predicted octanol–water partition coefficient (Wildman–Crippen LogP) is 1.06. The minimum absolute atomic E-state index is 0.0493. The predicted molar refractivity (Wildman–Crippen MR) is 59.5 cm³/mol. The molecule has 1 saturated heterocycles. The van der Waals surface area contributed by atoms with Crippen LogP contribution in [0.3, 0.4) is 0 Å². The Labute approximate surface area is 96.5 Å². The molecule has 1 rings (SSSR count). The molecule has 1 atom stereocenters. The van der Waals surface area contributed by atoms with Crippen molar-refractivity contribution in [3.8, 4) is 0 Å². The van der Waals surface area contributed by atoms with Gasteiger partial charge in [-0.3, -0.25) is 4.18 Å². The van der Waals surface area contributed by atoms with Crippen LogP contribution >= 0.6 is 0 Å². The van der Waals surface area contributed by atoms with Crippen molar-refractivity contribution < 1.29 is 22.1 Å². The minimum Gasteiger partial charge on any atom is -0.353 e. The van der Waals surface area contributed by atoms with Crippen LogP contribution in [0.4, 0.5) is 0 Å². The van der Waals surface area contributed by atoms with Crippen LogP contribution in [-0.4, -0.2) is 40.8 Å². The van der Waals surface area contributed by atoms with Gasteiger partial charge in [-0.25, -0.2) is 0 Å². The Hall–Kier alpha value is -0.430. The van der Waals surface area contributed by atoms with E-state index in [1.54, 1.807) is 12.2 Å². The zero-order valence-electron chi connectivity index (χ0n) is 9.42. The van der Waals surface area contributed by atoms with E-state index in [9.17, 15) is 8.42 Å². The van der Waals surface area contributed by atoms with E-state index in [2.05, 4.69) is 4.18 Å². The number of hydrogen-bond donors (Lipinski definition) is 0. The third-order valence-corrected chi connectivity index (χ3v) is 2.63. The highest BCUT2D eigenvalue weighted by Gasteiger charge is 2.12. The molecule has 0 saturated carbocycles. The Balaban J connectivity index is 2.03. The molecule has 6 heteroatoms. The van der Waals surface area contributed by atoms with Crippen LogP contribution in [0.25, 0.3) is 0 Å². The van der Waals surface area contributed by atoms with Crippen molar-refractivity contribution in [3.63, 3.8) is 0 Å². The smallest absolute Gasteiger partial charge is 0.264 e. The third-order valence-electron chi connectivity index (χ3n) is 2.06. The summed E-state index contributed by atoms with van der Waals surface area (Å²) < 4.78 is 36.5. The van der Waals surface area contributed by atoms with Crippen LogP contribution in [0.1, 0.15) is 19.3 Å². The largest absolute Gasteiger partial charge is 0.353 e. The van der Waals surface area contributed by atoms with Gasteiger partial charge in [0.15, 0.2) is 6.29 Å². The summed E-state index contributed by atoms with van der Waals surface area (Å²) in [7, 11) is -3.35. The fourth-order valence-corrected chi connectivity index (χ4v) is 1.63. The molecule has 16 heavy (non-hydrogen) atoms. The molecule has 0 aromatic heterocycles. The molecule has 0 spiro atoms. The second kappa shape index (κ2) is 7.01. The van der Waals surface area contributed by atoms with E-state index < -0.39 is 10.1 Å². The summed E-state index contributed by atoms with van der Waals surface area (Å²) in [6.07, 6.45) is 7.39. The topological polar surface area (TPSA) is 61.8 Å². The first kappa shape index (κ1) is 13.6. The lowest BCUT2D eigenvalue weighted by Gasteiger charge is -2.21. The second-order valence-corrected chi connectivity index (χ2v) is 5.23. The van der Waals surface area contributed by atoms with Gasteiger partial charge in [0.2, 0.25) is 0 Å². The normalized spacial score (nSPS) is 22.7. The Kier molecular flexibility index (Phi) is 5.97. The highest BCUT2D eigenvalue weighted by molar-refractivity contribution is 7.85. The first-order chi connectivity index (χ1) is 7.58. The quantitative estimate of drug-likeness (QED) is 0.521. The van der Waals surface area contributed by atoms with Crippen molar-refractivity contribution in [1.29, 1.82) is 0 Å². The highest BCUT2D eigenvalue weighted by atomic mass is 32.2. The lowest BCUT2D eigenvalue weighted by molar-refractivity contribution is -0.155. The van der Waals surface area contributed by atoms with E-state index in [1.807, 2.05) is 0 Å². The fourth-order valence-electron chi connectivity index (χ4n) is 1.30. The molecule has 0 bridgehead atoms. The summed E-state index contributed by atoms with van der Waals surface area (Å²) in [5.41, 5.74) is 0. The van der Waals surface area contributed by atoms with Crippen molar-refractivity contribution in [3.05, 3.63) is 12.2 Å². The van der Waals surface area contributed by atoms with Gasteiger partial charge in [-0.1, -0.05) is 12.2 Å². The van der Waals surface area contributed by atoms with Gasteiger partial charge in [0.05, 0.1) is 19.5 Å². The molecule has 5 nitrogen and oxygen atoms in total. The van der Waals surface area contributed by atoms with Gasteiger partial charge in [-0.2, -0.15) is 8.42 Å². The minimum atomic E-state index is -3.35. The maximum Gasteiger partial charge on any atom is 0.264 e. The summed E-state index contributed by atoms with van der Waals surface area (Å²) in [6, 6.07) is 0. The molecule has 0 aromatic carbocycles. The molecule has 0 N–H and O–H groups in total. The lowest BCUT2D eigenvalue weighted by atomic mass is 10.2. The molecular formula is C10H18O5S. The Bertz CT molecular complexity index is 303. The van der Waals surface area contributed by atoms with Crippen molar-refractivity contribution in [2.45, 2.75) is 25.6 Å². The van der Waals surface area contributed by atoms with E-state index in [4.69, 9.17) is 9.47 Å². The zero-order valence-corrected chi connectivity index (χ0v) is 10.2. The first-order valence-corrected chi connectivity index (χ1v) is 7.12. The summed E-state index contributed by atoms with van der Waals surface area (Å²) in [6.45, 7) is 1.22. The molecule has 1 heterocycles. The molecule has 1 fully saturated rings. The van der Waals surface area contributed by atoms with Crippen LogP contribution in [0.2, 0.25) is 0 Å². The maximum absolute atomic E-state index is 10.6. The molecule has 0 radical (unpaired) electrons. The average Bonchev–Trinajstić information content (AvgIpc) is 2.23. The van der Waals surface area contributed by atoms with Crippen LogP contribution in [0.5, 0.6) is 0 Å². The lowest BCUT2D eigenvalue weighted by Crippen LogP contribution is -2.22. The van der Waals surface area contributed by atoms with Crippen molar-refractivity contribution in [2.75, 3.05) is 26.1 Å². The van der Waals surface area contributed by atoms with Crippen molar-refractivity contribution >= 4 is 10.1 Å². The van der Waals surface area contributed by atoms with E-state index in [1.165, 1.54) is 0 Å². The molecule has 1 aliphatic heterocycles. The molecular weight excluding hydrogens is 232 g/mol. The van der Waals surface area contributed by atoms with E-state index in [-0.39, 0.29) is 12.9 Å². The number of hydrogen-bond acceptors (Lipinski definition) is 5. The first-order valence-electron chi connectivity index (χ1n) is 5.30. The van der Waals surface area contributed by atoms with Crippen LogP contribution < -0.4 is 0 Å². The van der Waals surface area contributed by atoms with Crippen LogP contribution in [0, 0.1) is 0 Å². The van der Waals surface area contributed by atoms with Crippen molar-refractivity contribution in [2.24, 2.45) is 0 Å². The van der Waals surface area contributed by atoms with Gasteiger partial charge in [0.1, 0.15) is 0 Å². The molecule has 94 valence electrons. The molecule has 0 aromatic rings. The van der Waals surface area contributed by atoms with Crippen LogP contribution in [0.15, 0.2) is 12.2 Å². The molecule has 1 aliphatic rings. The Morgan fingerprint density at radius 2 is 2.06 bits per heavy atom. The summed E-state index contributed by atoms with van der Waals surface area (Å²) >= 11 is 0. The summed E-state index contributed by atoms with van der Waals surface area (Å²) in [4.78, 5) is 0. The Morgan fingerprint density at radius 3 is 2.69 bits per heavy atom. The van der Waals surface area contributed by atoms with Crippen LogP contribution in [-0.2, 0) is 23.8 Å². The molecule has 0 amide bonds. The van der Waals surface area contributed by atoms with Gasteiger partial charge >= 0.3 is 0 Å². The monoisotopic (exact) mass is 250 g/mol. The molecule has 1 unspecified atom stereocenters. The SMILES string of the molecule is CS(=O)(=O)OC/C=C\COC1CCCCO1. The van der Waals surface area contributed by atoms with Gasteiger partial charge in [-0.05, 0) is 19.3 Å². The number of rotatable bonds is 6. The highest BCUT2D eigenvalue weighted by Crippen LogP contribution is 2.13. The zero-order chi connectivity index (χ0) is 11.9. The summed E-state index contributed by atoms with van der Waals surface area (Å²) in [5, 5.41) is 0. The average molecular weight is 250 g/mol.